The van der Waals surface area contributed by atoms with Crippen LogP contribution in [0.15, 0.2) is 30.6 Å². The Labute approximate surface area is 120 Å². The van der Waals surface area contributed by atoms with Gasteiger partial charge in [-0.3, -0.25) is 4.79 Å². The monoisotopic (exact) mass is 284 g/mol. The zero-order valence-electron chi connectivity index (χ0n) is 11.1. The van der Waals surface area contributed by atoms with Crippen molar-refractivity contribution in [3.63, 3.8) is 0 Å². The molecule has 2 aromatic rings. The number of benzene rings is 1. The van der Waals surface area contributed by atoms with E-state index in [0.29, 0.717) is 22.8 Å². The van der Waals surface area contributed by atoms with Crippen molar-refractivity contribution in [3.8, 4) is 11.8 Å². The Hall–Kier alpha value is -3.18. The molecule has 0 fully saturated rings. The highest BCUT2D eigenvalue weighted by molar-refractivity contribution is 6.03. The molecule has 0 radical (unpaired) electrons. The summed E-state index contributed by atoms with van der Waals surface area (Å²) in [6.07, 6.45) is 2.63. The van der Waals surface area contributed by atoms with Crippen molar-refractivity contribution in [3.05, 3.63) is 41.9 Å². The number of anilines is 2. The van der Waals surface area contributed by atoms with Crippen molar-refractivity contribution in [2.75, 3.05) is 17.9 Å². The molecule has 8 nitrogen and oxygen atoms in total. The topological polar surface area (TPSA) is 126 Å². The van der Waals surface area contributed by atoms with Crippen LogP contribution in [0, 0.1) is 11.3 Å². The smallest absolute Gasteiger partial charge is 0.275 e. The van der Waals surface area contributed by atoms with Gasteiger partial charge in [-0.05, 0) is 12.1 Å². The van der Waals surface area contributed by atoms with Gasteiger partial charge in [-0.1, -0.05) is 0 Å². The number of methoxy groups -OCH3 is 1. The molecule has 0 saturated heterocycles. The van der Waals surface area contributed by atoms with Crippen molar-refractivity contribution >= 4 is 17.4 Å². The third kappa shape index (κ3) is 3.23. The second kappa shape index (κ2) is 6.31. The van der Waals surface area contributed by atoms with E-state index in [1.807, 2.05) is 6.07 Å². The van der Waals surface area contributed by atoms with Crippen LogP contribution >= 0.6 is 0 Å². The molecule has 0 spiro atoms. The minimum Gasteiger partial charge on any atom is -0.495 e. The summed E-state index contributed by atoms with van der Waals surface area (Å²) < 4.78 is 5.13. The van der Waals surface area contributed by atoms with Gasteiger partial charge in [0, 0.05) is 6.07 Å². The van der Waals surface area contributed by atoms with Gasteiger partial charge < -0.3 is 15.5 Å². The van der Waals surface area contributed by atoms with Crippen LogP contribution in [0.3, 0.4) is 0 Å². The van der Waals surface area contributed by atoms with Gasteiger partial charge in [0.25, 0.3) is 5.91 Å². The molecule has 2 rings (SSSR count). The van der Waals surface area contributed by atoms with Crippen LogP contribution in [-0.2, 0) is 0 Å². The van der Waals surface area contributed by atoms with Gasteiger partial charge in [0.05, 0.1) is 36.8 Å². The van der Waals surface area contributed by atoms with E-state index in [4.69, 9.17) is 15.8 Å². The number of aromatic nitrogens is 2. The van der Waals surface area contributed by atoms with Crippen LogP contribution in [0.25, 0.3) is 0 Å². The van der Waals surface area contributed by atoms with E-state index in [9.17, 15) is 4.79 Å². The van der Waals surface area contributed by atoms with Crippen LogP contribution in [0.2, 0.25) is 0 Å². The zero-order chi connectivity index (χ0) is 15.2. The first-order chi connectivity index (χ1) is 10.2. The van der Waals surface area contributed by atoms with E-state index in [2.05, 4.69) is 20.7 Å². The molecule has 1 aromatic heterocycles. The largest absolute Gasteiger partial charge is 0.495 e. The van der Waals surface area contributed by atoms with Crippen molar-refractivity contribution in [1.82, 2.24) is 9.97 Å². The van der Waals surface area contributed by atoms with Crippen LogP contribution in [0.1, 0.15) is 16.1 Å². The molecule has 0 aliphatic carbocycles. The summed E-state index contributed by atoms with van der Waals surface area (Å²) in [4.78, 5) is 19.9. The molecule has 21 heavy (non-hydrogen) atoms. The number of hydrogen-bond acceptors (Lipinski definition) is 7. The minimum absolute atomic E-state index is 0.125. The molecule has 8 heteroatoms. The quantitative estimate of drug-likeness (QED) is 0.562. The summed E-state index contributed by atoms with van der Waals surface area (Å²) in [6.45, 7) is 0. The Kier molecular flexibility index (Phi) is 4.28. The van der Waals surface area contributed by atoms with E-state index >= 15 is 0 Å². The molecule has 106 valence electrons. The van der Waals surface area contributed by atoms with Gasteiger partial charge in [0.2, 0.25) is 0 Å². The number of nitrogens with one attached hydrogen (secondary N) is 2. The summed E-state index contributed by atoms with van der Waals surface area (Å²) in [6, 6.07) is 6.68. The number of nitriles is 1. The van der Waals surface area contributed by atoms with Gasteiger partial charge in [0.1, 0.15) is 11.4 Å². The van der Waals surface area contributed by atoms with Gasteiger partial charge in [-0.2, -0.15) is 5.26 Å². The average molecular weight is 284 g/mol. The summed E-state index contributed by atoms with van der Waals surface area (Å²) in [7, 11) is 1.45. The first-order valence-electron chi connectivity index (χ1n) is 5.86. The number of hydrazine groups is 1. The number of hydrogen-bond donors (Lipinski definition) is 3. The molecule has 4 N–H and O–H groups in total. The molecular formula is C13H12N6O2. The number of nitrogen functional groups attached to an aromatic ring is 1. The number of rotatable bonds is 4. The first-order valence-corrected chi connectivity index (χ1v) is 5.86. The molecule has 0 atom stereocenters. The van der Waals surface area contributed by atoms with E-state index in [1.165, 1.54) is 25.6 Å². The fourth-order valence-corrected chi connectivity index (χ4v) is 1.57. The number of carbonyl (C=O) groups is 1. The lowest BCUT2D eigenvalue weighted by Gasteiger charge is -2.10. The lowest BCUT2D eigenvalue weighted by atomic mass is 10.2. The Bertz CT molecular complexity index is 693. The number of ether oxygens (including phenoxy) is 1. The average Bonchev–Trinajstić information content (AvgIpc) is 2.55. The third-order valence-electron chi connectivity index (χ3n) is 2.61. The Morgan fingerprint density at radius 3 is 2.76 bits per heavy atom. The number of nitrogens with zero attached hydrogens (tertiary/aromatic N) is 3. The van der Waals surface area contributed by atoms with E-state index in [1.54, 1.807) is 12.1 Å². The SMILES string of the molecule is COc1cc(C#N)ccc1NC(=O)c1cnc(NN)cn1. The highest BCUT2D eigenvalue weighted by Gasteiger charge is 2.12. The van der Waals surface area contributed by atoms with E-state index < -0.39 is 5.91 Å². The van der Waals surface area contributed by atoms with Crippen LogP contribution in [-0.4, -0.2) is 23.0 Å². The summed E-state index contributed by atoms with van der Waals surface area (Å²) >= 11 is 0. The highest BCUT2D eigenvalue weighted by atomic mass is 16.5. The maximum atomic E-state index is 12.1. The van der Waals surface area contributed by atoms with Crippen LogP contribution in [0.4, 0.5) is 11.5 Å². The molecule has 0 saturated carbocycles. The number of amides is 1. The van der Waals surface area contributed by atoms with Crippen LogP contribution < -0.4 is 21.3 Å². The second-order valence-electron chi connectivity index (χ2n) is 3.91. The molecule has 0 unspecified atom stereocenters. The Morgan fingerprint density at radius 2 is 2.19 bits per heavy atom. The minimum atomic E-state index is -0.450. The number of carbonyl (C=O) groups excluding carboxylic acids is 1. The predicted molar refractivity (Wildman–Crippen MR) is 75.5 cm³/mol. The van der Waals surface area contributed by atoms with Crippen molar-refractivity contribution in [1.29, 1.82) is 5.26 Å². The normalized spacial score (nSPS) is 9.57. The Morgan fingerprint density at radius 1 is 1.38 bits per heavy atom. The van der Waals surface area contributed by atoms with Gasteiger partial charge in [-0.15, -0.1) is 0 Å². The molecule has 0 aliphatic heterocycles. The summed E-state index contributed by atoms with van der Waals surface area (Å²) in [5.74, 6) is 5.45. The van der Waals surface area contributed by atoms with Crippen molar-refractivity contribution < 1.29 is 9.53 Å². The summed E-state index contributed by atoms with van der Waals surface area (Å²) in [5.41, 5.74) is 3.31. The third-order valence-corrected chi connectivity index (χ3v) is 2.61. The fraction of sp³-hybridized carbons (Fsp3) is 0.0769. The second-order valence-corrected chi connectivity index (χ2v) is 3.91. The maximum absolute atomic E-state index is 12.1. The van der Waals surface area contributed by atoms with Crippen molar-refractivity contribution in [2.24, 2.45) is 5.84 Å². The molecule has 1 aromatic carbocycles. The van der Waals surface area contributed by atoms with Gasteiger partial charge in [0.15, 0.2) is 5.82 Å². The zero-order valence-corrected chi connectivity index (χ0v) is 11.1. The van der Waals surface area contributed by atoms with E-state index in [-0.39, 0.29) is 5.69 Å². The van der Waals surface area contributed by atoms with Crippen LogP contribution in [0.5, 0.6) is 5.75 Å². The maximum Gasteiger partial charge on any atom is 0.275 e. The predicted octanol–water partition coefficient (Wildman–Crippen LogP) is 0.895. The molecule has 1 amide bonds. The highest BCUT2D eigenvalue weighted by Crippen LogP contribution is 2.25. The Balaban J connectivity index is 2.20. The lowest BCUT2D eigenvalue weighted by Crippen LogP contribution is -2.16. The van der Waals surface area contributed by atoms with Gasteiger partial charge in [-0.25, -0.2) is 15.8 Å². The van der Waals surface area contributed by atoms with E-state index in [0.717, 1.165) is 0 Å². The standard InChI is InChI=1S/C13H12N6O2/c1-21-11-4-8(5-14)2-3-9(11)18-13(20)10-6-17-12(19-15)7-16-10/h2-4,6-7H,15H2,1H3,(H,17,19)(H,18,20). The molecule has 0 bridgehead atoms. The molecule has 0 aliphatic rings. The molecule has 1 heterocycles. The lowest BCUT2D eigenvalue weighted by molar-refractivity contribution is 0.102. The molecular weight excluding hydrogens is 272 g/mol. The first kappa shape index (κ1) is 14.2. The summed E-state index contributed by atoms with van der Waals surface area (Å²) in [5, 5.41) is 11.5. The fourth-order valence-electron chi connectivity index (χ4n) is 1.57. The van der Waals surface area contributed by atoms with Crippen molar-refractivity contribution in [2.45, 2.75) is 0 Å². The van der Waals surface area contributed by atoms with Gasteiger partial charge >= 0.3 is 0 Å². The number of nitrogens with two attached hydrogens (primary N) is 1.